The first-order valence-corrected chi connectivity index (χ1v) is 4.06. The summed E-state index contributed by atoms with van der Waals surface area (Å²) in [6.07, 6.45) is -13.4. The van der Waals surface area contributed by atoms with E-state index in [1.165, 1.54) is 0 Å². The molecule has 0 aliphatic heterocycles. The minimum atomic E-state index is -6.88. The highest BCUT2D eigenvalue weighted by molar-refractivity contribution is 5.00. The molecule has 0 fully saturated rings. The van der Waals surface area contributed by atoms with E-state index >= 15 is 0 Å². The van der Waals surface area contributed by atoms with Crippen LogP contribution in [0.3, 0.4) is 0 Å². The van der Waals surface area contributed by atoms with Crippen molar-refractivity contribution in [2.75, 3.05) is 0 Å². The molecule has 0 unspecified atom stereocenters. The van der Waals surface area contributed by atoms with Crippen LogP contribution >= 0.6 is 0 Å². The van der Waals surface area contributed by atoms with E-state index in [4.69, 9.17) is 0 Å². The van der Waals surface area contributed by atoms with Crippen LogP contribution in [0.2, 0.25) is 0 Å². The molecule has 0 radical (unpaired) electrons. The van der Waals surface area contributed by atoms with Crippen molar-refractivity contribution < 1.29 is 43.9 Å². The van der Waals surface area contributed by atoms with Crippen molar-refractivity contribution in [3.63, 3.8) is 0 Å². The lowest BCUT2D eigenvalue weighted by molar-refractivity contribution is -0.377. The maximum atomic E-state index is 12.5. The zero-order valence-electron chi connectivity index (χ0n) is 8.06. The third-order valence-electron chi connectivity index (χ3n) is 1.94. The van der Waals surface area contributed by atoms with Gasteiger partial charge in [0.1, 0.15) is 0 Å². The van der Waals surface area contributed by atoms with Crippen LogP contribution in [0.1, 0.15) is 13.3 Å². The van der Waals surface area contributed by atoms with Crippen molar-refractivity contribution in [2.45, 2.75) is 43.5 Å². The average Bonchev–Trinajstić information content (AvgIpc) is 2.14. The van der Waals surface area contributed by atoms with Crippen molar-refractivity contribution >= 4 is 0 Å². The highest BCUT2D eigenvalue weighted by Crippen LogP contribution is 2.51. The van der Waals surface area contributed by atoms with Crippen molar-refractivity contribution in [3.05, 3.63) is 0 Å². The maximum absolute atomic E-state index is 12.5. The fourth-order valence-corrected chi connectivity index (χ4v) is 0.793. The first-order chi connectivity index (χ1) is 7.22. The first kappa shape index (κ1) is 16.3. The monoisotopic (exact) mass is 280 g/mol. The highest BCUT2D eigenvalue weighted by atomic mass is 19.4. The van der Waals surface area contributed by atoms with Crippen LogP contribution in [-0.4, -0.2) is 30.1 Å². The molecule has 0 aromatic heterocycles. The summed E-state index contributed by atoms with van der Waals surface area (Å²) in [5, 5.41) is 0. The molecule has 0 aliphatic rings. The normalized spacial score (nSPS) is 17.1. The van der Waals surface area contributed by atoms with Crippen LogP contribution in [-0.2, 0) is 0 Å². The molecule has 0 saturated carbocycles. The van der Waals surface area contributed by atoms with Gasteiger partial charge in [0.05, 0.1) is 0 Å². The highest BCUT2D eigenvalue weighted by Gasteiger charge is 2.78. The van der Waals surface area contributed by atoms with E-state index in [2.05, 4.69) is 0 Å². The number of rotatable bonds is 4. The molecule has 0 saturated heterocycles. The Balaban J connectivity index is 5.42. The van der Waals surface area contributed by atoms with Gasteiger partial charge >= 0.3 is 18.0 Å². The lowest BCUT2D eigenvalue weighted by Crippen LogP contribution is -2.60. The molecule has 0 aliphatic carbocycles. The average molecular weight is 280 g/mol. The predicted octanol–water partition coefficient (Wildman–Crippen LogP) is 4.20. The van der Waals surface area contributed by atoms with Gasteiger partial charge in [-0.05, 0) is 0 Å². The van der Waals surface area contributed by atoms with Crippen LogP contribution < -0.4 is 0 Å². The number of alkyl halides is 10. The molecule has 0 heterocycles. The van der Waals surface area contributed by atoms with Crippen molar-refractivity contribution in [1.82, 2.24) is 0 Å². The topological polar surface area (TPSA) is 0 Å². The minimum absolute atomic E-state index is 0.467. The standard InChI is InChI=1S/C7H6F10/c1-2-4(9,10)3(8)5(11,12)6(13,14)7(15,16)17/h3H,2H2,1H3/t3-/m0/s1. The molecule has 17 heavy (non-hydrogen) atoms. The molecule has 0 aromatic rings. The number of halogens is 10. The summed E-state index contributed by atoms with van der Waals surface area (Å²) in [6, 6.07) is 0. The van der Waals surface area contributed by atoms with Gasteiger partial charge in [-0.25, -0.2) is 13.2 Å². The second-order valence-electron chi connectivity index (χ2n) is 3.17. The van der Waals surface area contributed by atoms with Gasteiger partial charge in [-0.2, -0.15) is 30.7 Å². The van der Waals surface area contributed by atoms with E-state index < -0.39 is 36.5 Å². The van der Waals surface area contributed by atoms with Gasteiger partial charge in [0.15, 0.2) is 0 Å². The summed E-state index contributed by atoms with van der Waals surface area (Å²) >= 11 is 0. The van der Waals surface area contributed by atoms with Crippen LogP contribution in [0.25, 0.3) is 0 Å². The Morgan fingerprint density at radius 3 is 1.41 bits per heavy atom. The van der Waals surface area contributed by atoms with Gasteiger partial charge in [0.25, 0.3) is 5.92 Å². The molecular formula is C7H6F10. The van der Waals surface area contributed by atoms with Crippen molar-refractivity contribution in [3.8, 4) is 0 Å². The molecule has 10 heteroatoms. The molecule has 0 N–H and O–H groups in total. The van der Waals surface area contributed by atoms with Gasteiger partial charge in [0, 0.05) is 6.42 Å². The van der Waals surface area contributed by atoms with Gasteiger partial charge in [-0.1, -0.05) is 6.92 Å². The minimum Gasteiger partial charge on any atom is -0.234 e. The molecule has 0 bridgehead atoms. The summed E-state index contributed by atoms with van der Waals surface area (Å²) in [7, 11) is 0. The van der Waals surface area contributed by atoms with Crippen molar-refractivity contribution in [2.24, 2.45) is 0 Å². The van der Waals surface area contributed by atoms with Gasteiger partial charge in [-0.15, -0.1) is 0 Å². The predicted molar refractivity (Wildman–Crippen MR) is 36.1 cm³/mol. The summed E-state index contributed by atoms with van der Waals surface area (Å²) in [5.41, 5.74) is 0. The quantitative estimate of drug-likeness (QED) is 0.677. The largest absolute Gasteiger partial charge is 0.459 e. The first-order valence-electron chi connectivity index (χ1n) is 4.06. The Bertz CT molecular complexity index is 264. The Morgan fingerprint density at radius 1 is 0.824 bits per heavy atom. The zero-order chi connectivity index (χ0) is 14.3. The van der Waals surface area contributed by atoms with Crippen LogP contribution in [0.15, 0.2) is 0 Å². The molecule has 0 nitrogen and oxygen atoms in total. The molecule has 0 aromatic carbocycles. The van der Waals surface area contributed by atoms with E-state index in [1.807, 2.05) is 0 Å². The third-order valence-corrected chi connectivity index (χ3v) is 1.94. The Morgan fingerprint density at radius 2 is 1.18 bits per heavy atom. The van der Waals surface area contributed by atoms with Crippen LogP contribution in [0.4, 0.5) is 43.9 Å². The van der Waals surface area contributed by atoms with E-state index in [0.29, 0.717) is 6.92 Å². The molecule has 1 atom stereocenters. The van der Waals surface area contributed by atoms with Crippen LogP contribution in [0.5, 0.6) is 0 Å². The van der Waals surface area contributed by atoms with Gasteiger partial charge in [0.2, 0.25) is 6.17 Å². The summed E-state index contributed by atoms with van der Waals surface area (Å²) in [4.78, 5) is 0. The lowest BCUT2D eigenvalue weighted by Gasteiger charge is -2.33. The smallest absolute Gasteiger partial charge is 0.234 e. The maximum Gasteiger partial charge on any atom is 0.459 e. The molecule has 0 rings (SSSR count). The van der Waals surface area contributed by atoms with E-state index in [9.17, 15) is 43.9 Å². The number of hydrogen-bond donors (Lipinski definition) is 0. The zero-order valence-corrected chi connectivity index (χ0v) is 8.06. The fraction of sp³-hybridized carbons (Fsp3) is 1.00. The Labute approximate surface area is 88.6 Å². The molecule has 0 amide bonds. The second kappa shape index (κ2) is 4.20. The molecular weight excluding hydrogens is 274 g/mol. The van der Waals surface area contributed by atoms with Crippen molar-refractivity contribution in [1.29, 1.82) is 0 Å². The molecule has 104 valence electrons. The second-order valence-corrected chi connectivity index (χ2v) is 3.17. The molecule has 0 spiro atoms. The summed E-state index contributed by atoms with van der Waals surface area (Å²) < 4.78 is 121. The van der Waals surface area contributed by atoms with E-state index in [1.54, 1.807) is 0 Å². The van der Waals surface area contributed by atoms with Gasteiger partial charge in [-0.3, -0.25) is 0 Å². The van der Waals surface area contributed by atoms with E-state index in [0.717, 1.165) is 0 Å². The summed E-state index contributed by atoms with van der Waals surface area (Å²) in [5.74, 6) is -18.4. The Kier molecular flexibility index (Phi) is 4.03. The van der Waals surface area contributed by atoms with Crippen LogP contribution in [0, 0.1) is 0 Å². The number of hydrogen-bond acceptors (Lipinski definition) is 0. The Hall–Kier alpha value is -0.700. The third kappa shape index (κ3) is 2.59. The van der Waals surface area contributed by atoms with Gasteiger partial charge < -0.3 is 0 Å². The fourth-order valence-electron chi connectivity index (χ4n) is 0.793. The van der Waals surface area contributed by atoms with E-state index in [-0.39, 0.29) is 0 Å². The SMILES string of the molecule is CCC(F)(F)[C@H](F)C(F)(F)C(F)(F)C(F)(F)F. The summed E-state index contributed by atoms with van der Waals surface area (Å²) in [6.45, 7) is 0.467. The lowest BCUT2D eigenvalue weighted by atomic mass is 9.99.